The van der Waals surface area contributed by atoms with E-state index in [1.165, 1.54) is 0 Å². The van der Waals surface area contributed by atoms with Crippen LogP contribution in [0.15, 0.2) is 18.2 Å². The molecule has 1 amide bonds. The van der Waals surface area contributed by atoms with Crippen molar-refractivity contribution < 1.29 is 23.8 Å². The number of carbonyl (C=O) groups is 2. The molecule has 1 aliphatic carbocycles. The highest BCUT2D eigenvalue weighted by atomic mass is 16.5. The molecule has 0 aromatic heterocycles. The molecule has 0 saturated heterocycles. The van der Waals surface area contributed by atoms with E-state index in [-0.39, 0.29) is 18.6 Å². The highest BCUT2D eigenvalue weighted by Crippen LogP contribution is 2.36. The molecule has 168 valence electrons. The van der Waals surface area contributed by atoms with Gasteiger partial charge in [0.1, 0.15) is 16.9 Å². The second-order valence-electron chi connectivity index (χ2n) is 8.25. The van der Waals surface area contributed by atoms with Gasteiger partial charge < -0.3 is 19.5 Å². The molecule has 1 fully saturated rings. The number of ether oxygens (including phenoxy) is 3. The van der Waals surface area contributed by atoms with Gasteiger partial charge in [0.05, 0.1) is 12.7 Å². The van der Waals surface area contributed by atoms with E-state index in [9.17, 15) is 9.59 Å². The van der Waals surface area contributed by atoms with Crippen LogP contribution in [0.5, 0.6) is 5.75 Å². The SMILES string of the molecule is CCCOC1(C(=O)Nc2ccc(O[C@@H](C)CC)c(C(=O)OCC)c2)CCC(C)CC1. The van der Waals surface area contributed by atoms with Gasteiger partial charge in [0.25, 0.3) is 5.91 Å². The predicted octanol–water partition coefficient (Wildman–Crippen LogP) is 5.35. The standard InChI is InChI=1S/C24H37NO5/c1-6-15-29-24(13-11-17(4)12-14-24)23(27)25-19-9-10-21(30-18(5)7-2)20(16-19)22(26)28-8-3/h9-10,16-18H,6-8,11-15H2,1-5H3,(H,25,27)/t17?,18-,24?/m0/s1. The van der Waals surface area contributed by atoms with Crippen LogP contribution in [0, 0.1) is 5.92 Å². The zero-order chi connectivity index (χ0) is 22.1. The van der Waals surface area contributed by atoms with Crippen molar-refractivity contribution in [3.05, 3.63) is 23.8 Å². The van der Waals surface area contributed by atoms with Gasteiger partial charge >= 0.3 is 5.97 Å². The summed E-state index contributed by atoms with van der Waals surface area (Å²) in [7, 11) is 0. The minimum Gasteiger partial charge on any atom is -0.490 e. The topological polar surface area (TPSA) is 73.9 Å². The lowest BCUT2D eigenvalue weighted by atomic mass is 9.78. The largest absolute Gasteiger partial charge is 0.490 e. The summed E-state index contributed by atoms with van der Waals surface area (Å²) >= 11 is 0. The lowest BCUT2D eigenvalue weighted by Crippen LogP contribution is -2.48. The summed E-state index contributed by atoms with van der Waals surface area (Å²) in [4.78, 5) is 25.7. The fourth-order valence-corrected chi connectivity index (χ4v) is 3.59. The van der Waals surface area contributed by atoms with Gasteiger partial charge in [-0.1, -0.05) is 20.8 Å². The lowest BCUT2D eigenvalue weighted by molar-refractivity contribution is -0.147. The molecular formula is C24H37NO5. The average Bonchev–Trinajstić information content (AvgIpc) is 2.74. The number of benzene rings is 1. The van der Waals surface area contributed by atoms with Crippen LogP contribution in [0.25, 0.3) is 0 Å². The maximum absolute atomic E-state index is 13.2. The molecule has 0 spiro atoms. The summed E-state index contributed by atoms with van der Waals surface area (Å²) in [6.45, 7) is 10.8. The van der Waals surface area contributed by atoms with Crippen molar-refractivity contribution >= 4 is 17.6 Å². The van der Waals surface area contributed by atoms with Crippen LogP contribution >= 0.6 is 0 Å². The molecule has 30 heavy (non-hydrogen) atoms. The highest BCUT2D eigenvalue weighted by Gasteiger charge is 2.42. The van der Waals surface area contributed by atoms with Gasteiger partial charge in [-0.3, -0.25) is 4.79 Å². The number of anilines is 1. The molecule has 6 heteroatoms. The number of nitrogens with one attached hydrogen (secondary N) is 1. The average molecular weight is 420 g/mol. The van der Waals surface area contributed by atoms with E-state index in [1.807, 2.05) is 20.8 Å². The fraction of sp³-hybridized carbons (Fsp3) is 0.667. The zero-order valence-electron chi connectivity index (χ0n) is 19.1. The molecule has 0 radical (unpaired) electrons. The number of hydrogen-bond acceptors (Lipinski definition) is 5. The molecule has 6 nitrogen and oxygen atoms in total. The molecule has 1 aromatic rings. The second kappa shape index (κ2) is 11.3. The second-order valence-corrected chi connectivity index (χ2v) is 8.25. The van der Waals surface area contributed by atoms with Crippen molar-refractivity contribution in [2.75, 3.05) is 18.5 Å². The molecule has 1 saturated carbocycles. The van der Waals surface area contributed by atoms with E-state index in [0.29, 0.717) is 42.4 Å². The summed E-state index contributed by atoms with van der Waals surface area (Å²) in [5.74, 6) is 0.455. The van der Waals surface area contributed by atoms with Crippen molar-refractivity contribution in [1.82, 2.24) is 0 Å². The maximum Gasteiger partial charge on any atom is 0.341 e. The van der Waals surface area contributed by atoms with Crippen LogP contribution in [-0.2, 0) is 14.3 Å². The van der Waals surface area contributed by atoms with E-state index in [2.05, 4.69) is 12.2 Å². The Labute approximate surface area is 180 Å². The van der Waals surface area contributed by atoms with Crippen molar-refractivity contribution in [3.63, 3.8) is 0 Å². The van der Waals surface area contributed by atoms with E-state index in [0.717, 1.165) is 25.7 Å². The third-order valence-electron chi connectivity index (χ3n) is 5.71. The normalized spacial score (nSPS) is 22.2. The minimum atomic E-state index is -0.807. The quantitative estimate of drug-likeness (QED) is 0.517. The number of carbonyl (C=O) groups excluding carboxylic acids is 2. The molecule has 0 aliphatic heterocycles. The number of rotatable bonds is 10. The first-order valence-electron chi connectivity index (χ1n) is 11.3. The van der Waals surface area contributed by atoms with E-state index in [4.69, 9.17) is 14.2 Å². The Morgan fingerprint density at radius 2 is 1.90 bits per heavy atom. The van der Waals surface area contributed by atoms with Crippen LogP contribution in [0.2, 0.25) is 0 Å². The molecule has 0 unspecified atom stereocenters. The molecule has 1 aliphatic rings. The Kier molecular flexibility index (Phi) is 9.15. The molecule has 0 heterocycles. The monoisotopic (exact) mass is 419 g/mol. The molecule has 1 N–H and O–H groups in total. The van der Waals surface area contributed by atoms with E-state index in [1.54, 1.807) is 25.1 Å². The summed E-state index contributed by atoms with van der Waals surface area (Å²) in [6, 6.07) is 5.11. The van der Waals surface area contributed by atoms with Crippen molar-refractivity contribution in [2.45, 2.75) is 84.8 Å². The number of amides is 1. The first-order valence-corrected chi connectivity index (χ1v) is 11.3. The highest BCUT2D eigenvalue weighted by molar-refractivity contribution is 5.99. The Bertz CT molecular complexity index is 704. The Balaban J connectivity index is 2.25. The first kappa shape index (κ1) is 24.2. The van der Waals surface area contributed by atoms with Gasteiger partial charge in [-0.2, -0.15) is 0 Å². The van der Waals surface area contributed by atoms with Crippen molar-refractivity contribution in [3.8, 4) is 5.75 Å². The van der Waals surface area contributed by atoms with Crippen LogP contribution in [0.3, 0.4) is 0 Å². The first-order chi connectivity index (χ1) is 14.3. The predicted molar refractivity (Wildman–Crippen MR) is 118 cm³/mol. The summed E-state index contributed by atoms with van der Waals surface area (Å²) in [5, 5.41) is 2.98. The Morgan fingerprint density at radius 3 is 2.50 bits per heavy atom. The number of esters is 1. The lowest BCUT2D eigenvalue weighted by Gasteiger charge is -2.38. The Morgan fingerprint density at radius 1 is 1.20 bits per heavy atom. The maximum atomic E-state index is 13.2. The fourth-order valence-electron chi connectivity index (χ4n) is 3.59. The van der Waals surface area contributed by atoms with Crippen LogP contribution in [0.1, 0.15) is 83.5 Å². The summed E-state index contributed by atoms with van der Waals surface area (Å²) in [5.41, 5.74) is 0.0480. The van der Waals surface area contributed by atoms with Gasteiger partial charge in [0, 0.05) is 12.3 Å². The zero-order valence-corrected chi connectivity index (χ0v) is 19.1. The van der Waals surface area contributed by atoms with Gasteiger partial charge in [-0.25, -0.2) is 4.79 Å². The van der Waals surface area contributed by atoms with Gasteiger partial charge in [0.2, 0.25) is 0 Å². The van der Waals surface area contributed by atoms with Gasteiger partial charge in [0.15, 0.2) is 0 Å². The molecule has 1 atom stereocenters. The van der Waals surface area contributed by atoms with Crippen LogP contribution in [0.4, 0.5) is 5.69 Å². The van der Waals surface area contributed by atoms with Crippen molar-refractivity contribution in [2.24, 2.45) is 5.92 Å². The third kappa shape index (κ3) is 6.21. The third-order valence-corrected chi connectivity index (χ3v) is 5.71. The van der Waals surface area contributed by atoms with E-state index < -0.39 is 11.6 Å². The van der Waals surface area contributed by atoms with Crippen LogP contribution < -0.4 is 10.1 Å². The molecule has 1 aromatic carbocycles. The summed E-state index contributed by atoms with van der Waals surface area (Å²) in [6.07, 6.45) is 4.99. The molecule has 0 bridgehead atoms. The Hall–Kier alpha value is -2.08. The minimum absolute atomic E-state index is 0.0337. The number of hydrogen-bond donors (Lipinski definition) is 1. The molecule has 2 rings (SSSR count). The van der Waals surface area contributed by atoms with E-state index >= 15 is 0 Å². The smallest absolute Gasteiger partial charge is 0.341 e. The van der Waals surface area contributed by atoms with Crippen LogP contribution in [-0.4, -0.2) is 36.8 Å². The summed E-state index contributed by atoms with van der Waals surface area (Å²) < 4.78 is 17.2. The van der Waals surface area contributed by atoms with Gasteiger partial charge in [-0.15, -0.1) is 0 Å². The molecular weight excluding hydrogens is 382 g/mol. The van der Waals surface area contributed by atoms with Gasteiger partial charge in [-0.05, 0) is 76.5 Å². The van der Waals surface area contributed by atoms with Crippen molar-refractivity contribution in [1.29, 1.82) is 0 Å².